The van der Waals surface area contributed by atoms with Crippen LogP contribution in [0.15, 0.2) is 24.3 Å². The van der Waals surface area contributed by atoms with E-state index in [1.165, 1.54) is 35.2 Å². The van der Waals surface area contributed by atoms with Crippen molar-refractivity contribution in [3.8, 4) is 0 Å². The Morgan fingerprint density at radius 1 is 1.04 bits per heavy atom. The van der Waals surface area contributed by atoms with E-state index in [4.69, 9.17) is 0 Å². The fourth-order valence-corrected chi connectivity index (χ4v) is 4.93. The molecular formula is C21H26N4O. The van der Waals surface area contributed by atoms with E-state index in [0.717, 1.165) is 51.9 Å². The highest BCUT2D eigenvalue weighted by Gasteiger charge is 2.31. The van der Waals surface area contributed by atoms with Crippen LogP contribution in [0.4, 0.5) is 0 Å². The third kappa shape index (κ3) is 2.75. The lowest BCUT2D eigenvalue weighted by Gasteiger charge is -2.41. The largest absolute Gasteiger partial charge is 0.335 e. The molecular weight excluding hydrogens is 324 g/mol. The van der Waals surface area contributed by atoms with Gasteiger partial charge >= 0.3 is 0 Å². The number of hydrogen-bond acceptors (Lipinski definition) is 3. The number of aromatic nitrogens is 2. The lowest BCUT2D eigenvalue weighted by molar-refractivity contribution is 0.0547. The van der Waals surface area contributed by atoms with E-state index >= 15 is 0 Å². The molecule has 1 amide bonds. The molecule has 1 N–H and O–H groups in total. The normalized spacial score (nSPS) is 22.9. The van der Waals surface area contributed by atoms with Crippen molar-refractivity contribution in [1.82, 2.24) is 20.0 Å². The zero-order chi connectivity index (χ0) is 17.5. The minimum Gasteiger partial charge on any atom is -0.335 e. The van der Waals surface area contributed by atoms with E-state index in [-0.39, 0.29) is 5.91 Å². The third-order valence-corrected chi connectivity index (χ3v) is 6.45. The van der Waals surface area contributed by atoms with Crippen LogP contribution in [0.1, 0.15) is 45.7 Å². The van der Waals surface area contributed by atoms with Gasteiger partial charge in [0.2, 0.25) is 0 Å². The van der Waals surface area contributed by atoms with Gasteiger partial charge in [0.25, 0.3) is 5.91 Å². The molecule has 2 heterocycles. The molecule has 0 bridgehead atoms. The van der Waals surface area contributed by atoms with Crippen molar-refractivity contribution >= 4 is 5.91 Å². The van der Waals surface area contributed by atoms with Crippen LogP contribution in [0.2, 0.25) is 0 Å². The van der Waals surface area contributed by atoms with Crippen LogP contribution in [0, 0.1) is 0 Å². The summed E-state index contributed by atoms with van der Waals surface area (Å²) in [5.41, 5.74) is 6.05. The monoisotopic (exact) mass is 350 g/mol. The Hall–Kier alpha value is -2.14. The van der Waals surface area contributed by atoms with Gasteiger partial charge < -0.3 is 4.90 Å². The highest BCUT2D eigenvalue weighted by molar-refractivity contribution is 5.94. The molecule has 1 aromatic carbocycles. The van der Waals surface area contributed by atoms with Crippen LogP contribution in [0.25, 0.3) is 0 Å². The molecule has 26 heavy (non-hydrogen) atoms. The number of carbonyl (C=O) groups excluding carboxylic acids is 1. The molecule has 0 radical (unpaired) electrons. The SMILES string of the molecule is O=C(c1n[nH]c2c1CCC2)N1CCN([C@H]2CCc3ccccc3C2)CC1. The lowest BCUT2D eigenvalue weighted by Crippen LogP contribution is -2.53. The van der Waals surface area contributed by atoms with Crippen LogP contribution < -0.4 is 0 Å². The number of rotatable bonds is 2. The van der Waals surface area contributed by atoms with E-state index in [2.05, 4.69) is 39.4 Å². The van der Waals surface area contributed by atoms with Gasteiger partial charge in [0.1, 0.15) is 0 Å². The highest BCUT2D eigenvalue weighted by Crippen LogP contribution is 2.27. The minimum absolute atomic E-state index is 0.123. The number of nitrogens with zero attached hydrogens (tertiary/aromatic N) is 3. The number of aryl methyl sites for hydroxylation is 2. The molecule has 5 heteroatoms. The molecule has 2 aliphatic carbocycles. The van der Waals surface area contributed by atoms with Crippen LogP contribution >= 0.6 is 0 Å². The number of fused-ring (bicyclic) bond motifs is 2. The van der Waals surface area contributed by atoms with Crippen molar-refractivity contribution in [1.29, 1.82) is 0 Å². The van der Waals surface area contributed by atoms with E-state index in [1.807, 2.05) is 4.90 Å². The molecule has 0 unspecified atom stereocenters. The summed E-state index contributed by atoms with van der Waals surface area (Å²) in [6, 6.07) is 9.47. The number of benzene rings is 1. The smallest absolute Gasteiger partial charge is 0.274 e. The molecule has 2 aromatic rings. The van der Waals surface area contributed by atoms with Crippen molar-refractivity contribution < 1.29 is 4.79 Å². The fraction of sp³-hybridized carbons (Fsp3) is 0.524. The van der Waals surface area contributed by atoms with Gasteiger partial charge in [-0.3, -0.25) is 14.8 Å². The van der Waals surface area contributed by atoms with Crippen molar-refractivity contribution in [2.75, 3.05) is 26.2 Å². The van der Waals surface area contributed by atoms with E-state index in [0.29, 0.717) is 11.7 Å². The van der Waals surface area contributed by atoms with Crippen molar-refractivity contribution in [2.45, 2.75) is 44.6 Å². The quantitative estimate of drug-likeness (QED) is 0.903. The molecule has 1 aromatic heterocycles. The molecule has 136 valence electrons. The van der Waals surface area contributed by atoms with E-state index in [9.17, 15) is 4.79 Å². The number of piperazine rings is 1. The molecule has 0 saturated carbocycles. The van der Waals surface area contributed by atoms with Crippen LogP contribution in [-0.4, -0.2) is 58.1 Å². The Kier molecular flexibility index (Phi) is 4.04. The van der Waals surface area contributed by atoms with Crippen LogP contribution in [0.3, 0.4) is 0 Å². The number of H-pyrrole nitrogens is 1. The second-order valence-electron chi connectivity index (χ2n) is 7.88. The third-order valence-electron chi connectivity index (χ3n) is 6.45. The van der Waals surface area contributed by atoms with Gasteiger partial charge in [-0.2, -0.15) is 5.10 Å². The predicted molar refractivity (Wildman–Crippen MR) is 100 cm³/mol. The number of amides is 1. The Morgan fingerprint density at radius 3 is 2.69 bits per heavy atom. The van der Waals surface area contributed by atoms with Crippen molar-refractivity contribution in [2.24, 2.45) is 0 Å². The Balaban J connectivity index is 1.22. The van der Waals surface area contributed by atoms with E-state index < -0.39 is 0 Å². The number of carbonyl (C=O) groups is 1. The topological polar surface area (TPSA) is 52.2 Å². The molecule has 0 spiro atoms. The molecule has 5 nitrogen and oxygen atoms in total. The Labute approximate surface area is 154 Å². The van der Waals surface area contributed by atoms with Crippen molar-refractivity contribution in [3.63, 3.8) is 0 Å². The molecule has 1 atom stereocenters. The zero-order valence-corrected chi connectivity index (χ0v) is 15.2. The maximum Gasteiger partial charge on any atom is 0.274 e. The molecule has 3 aliphatic rings. The molecule has 1 aliphatic heterocycles. The average molecular weight is 350 g/mol. The van der Waals surface area contributed by atoms with E-state index in [1.54, 1.807) is 0 Å². The van der Waals surface area contributed by atoms with Gasteiger partial charge in [0.15, 0.2) is 5.69 Å². The standard InChI is InChI=1S/C21H26N4O/c26-21(20-18-6-3-7-19(18)22-23-20)25-12-10-24(11-13-25)17-9-8-15-4-1-2-5-16(15)14-17/h1-2,4-5,17H,3,6-14H2,(H,22,23)/t17-/m0/s1. The highest BCUT2D eigenvalue weighted by atomic mass is 16.2. The average Bonchev–Trinajstić information content (AvgIpc) is 3.31. The second kappa shape index (κ2) is 6.54. The Morgan fingerprint density at radius 2 is 1.85 bits per heavy atom. The summed E-state index contributed by atoms with van der Waals surface area (Å²) >= 11 is 0. The summed E-state index contributed by atoms with van der Waals surface area (Å²) in [5, 5.41) is 7.39. The maximum atomic E-state index is 12.9. The summed E-state index contributed by atoms with van der Waals surface area (Å²) in [7, 11) is 0. The number of hydrogen-bond donors (Lipinski definition) is 1. The van der Waals surface area contributed by atoms with Gasteiger partial charge in [0, 0.05) is 43.5 Å². The van der Waals surface area contributed by atoms with Crippen molar-refractivity contribution in [3.05, 3.63) is 52.3 Å². The Bertz CT molecular complexity index is 819. The predicted octanol–water partition coefficient (Wildman–Crippen LogP) is 2.21. The fourth-order valence-electron chi connectivity index (χ4n) is 4.93. The first-order chi connectivity index (χ1) is 12.8. The first kappa shape index (κ1) is 16.1. The number of aromatic amines is 1. The summed E-state index contributed by atoms with van der Waals surface area (Å²) < 4.78 is 0. The van der Waals surface area contributed by atoms with Gasteiger partial charge in [-0.05, 0) is 49.7 Å². The number of nitrogens with one attached hydrogen (secondary N) is 1. The summed E-state index contributed by atoms with van der Waals surface area (Å²) in [6.45, 7) is 3.59. The first-order valence-electron chi connectivity index (χ1n) is 9.96. The van der Waals surface area contributed by atoms with Gasteiger partial charge in [-0.15, -0.1) is 0 Å². The minimum atomic E-state index is 0.123. The van der Waals surface area contributed by atoms with Gasteiger partial charge in [-0.1, -0.05) is 24.3 Å². The summed E-state index contributed by atoms with van der Waals surface area (Å²) in [5.74, 6) is 0.123. The van der Waals surface area contributed by atoms with Crippen LogP contribution in [0.5, 0.6) is 0 Å². The zero-order valence-electron chi connectivity index (χ0n) is 15.2. The lowest BCUT2D eigenvalue weighted by atomic mass is 9.87. The molecule has 5 rings (SSSR count). The maximum absolute atomic E-state index is 12.9. The van der Waals surface area contributed by atoms with Crippen LogP contribution in [-0.2, 0) is 25.7 Å². The molecule has 1 saturated heterocycles. The first-order valence-corrected chi connectivity index (χ1v) is 9.96. The summed E-state index contributed by atoms with van der Waals surface area (Å²) in [6.07, 6.45) is 6.73. The summed E-state index contributed by atoms with van der Waals surface area (Å²) in [4.78, 5) is 17.5. The second-order valence-corrected chi connectivity index (χ2v) is 7.88. The van der Waals surface area contributed by atoms with Gasteiger partial charge in [0.05, 0.1) is 0 Å². The molecule has 1 fully saturated rings. The van der Waals surface area contributed by atoms with Gasteiger partial charge in [-0.25, -0.2) is 0 Å².